The van der Waals surface area contributed by atoms with Gasteiger partial charge in [-0.2, -0.15) is 0 Å². The molecule has 0 fully saturated rings. The summed E-state index contributed by atoms with van der Waals surface area (Å²) in [5.74, 6) is 0. The van der Waals surface area contributed by atoms with E-state index in [1.165, 1.54) is 16.5 Å². The largest absolute Gasteiger partial charge is 0.286 e. The highest BCUT2D eigenvalue weighted by molar-refractivity contribution is 6.17. The molecule has 0 aliphatic heterocycles. The molecule has 2 aromatic heterocycles. The van der Waals surface area contributed by atoms with Crippen LogP contribution < -0.4 is 4.57 Å². The quantitative estimate of drug-likeness (QED) is 0.359. The summed E-state index contributed by atoms with van der Waals surface area (Å²) in [6.45, 7) is 2.10. The van der Waals surface area contributed by atoms with Crippen LogP contribution in [0.25, 0.3) is 32.6 Å². The fourth-order valence-corrected chi connectivity index (χ4v) is 2.77. The van der Waals surface area contributed by atoms with Crippen molar-refractivity contribution in [1.29, 1.82) is 0 Å². The topological polar surface area (TPSA) is 29.7 Å². The maximum Gasteiger partial charge on any atom is 0.286 e. The average molecular weight is 260 g/mol. The Bertz CT molecular complexity index is 974. The first kappa shape index (κ1) is 11.3. The molecule has 0 saturated carbocycles. The van der Waals surface area contributed by atoms with Crippen molar-refractivity contribution >= 4 is 32.6 Å². The van der Waals surface area contributed by atoms with Crippen LogP contribution in [-0.4, -0.2) is 9.97 Å². The highest BCUT2D eigenvalue weighted by atomic mass is 15.0. The number of fused-ring (bicyclic) bond motifs is 5. The van der Waals surface area contributed by atoms with E-state index in [4.69, 9.17) is 0 Å². The van der Waals surface area contributed by atoms with Crippen LogP contribution in [0.4, 0.5) is 0 Å². The number of pyridine rings is 1. The summed E-state index contributed by atoms with van der Waals surface area (Å²) in [7, 11) is 2.01. The lowest BCUT2D eigenvalue weighted by molar-refractivity contribution is -0.679. The predicted molar refractivity (Wildman–Crippen MR) is 80.5 cm³/mol. The summed E-state index contributed by atoms with van der Waals surface area (Å²) in [5, 5.41) is 4.69. The molecule has 0 amide bonds. The lowest BCUT2D eigenvalue weighted by atomic mass is 10.0. The van der Waals surface area contributed by atoms with Crippen molar-refractivity contribution in [3.63, 3.8) is 0 Å². The van der Waals surface area contributed by atoms with Crippen molar-refractivity contribution in [1.82, 2.24) is 9.97 Å². The van der Waals surface area contributed by atoms with Crippen LogP contribution in [-0.2, 0) is 7.05 Å². The molecule has 3 nitrogen and oxygen atoms in total. The zero-order valence-electron chi connectivity index (χ0n) is 11.5. The second kappa shape index (κ2) is 3.97. The molecule has 2 aromatic carbocycles. The van der Waals surface area contributed by atoms with Gasteiger partial charge in [0.05, 0.1) is 23.3 Å². The van der Waals surface area contributed by atoms with Crippen LogP contribution in [0.1, 0.15) is 5.69 Å². The fraction of sp³-hybridized carbons (Fsp3) is 0.118. The molecule has 0 unspecified atom stereocenters. The van der Waals surface area contributed by atoms with Crippen molar-refractivity contribution < 1.29 is 4.57 Å². The molecule has 20 heavy (non-hydrogen) atoms. The highest BCUT2D eigenvalue weighted by Gasteiger charge is 2.14. The first-order valence-electron chi connectivity index (χ1n) is 6.67. The lowest BCUT2D eigenvalue weighted by Crippen LogP contribution is -2.32. The first-order valence-corrected chi connectivity index (χ1v) is 6.67. The molecule has 4 aromatic rings. The zero-order chi connectivity index (χ0) is 13.7. The number of nitrogens with zero attached hydrogens (tertiary/aromatic N) is 3. The van der Waals surface area contributed by atoms with Crippen molar-refractivity contribution in [3.05, 3.63) is 54.6 Å². The second-order valence-electron chi connectivity index (χ2n) is 5.14. The summed E-state index contributed by atoms with van der Waals surface area (Å²) in [6.07, 6.45) is 3.80. The Labute approximate surface area is 116 Å². The third-order valence-electron chi connectivity index (χ3n) is 4.01. The average Bonchev–Trinajstić information content (AvgIpc) is 2.50. The molecule has 0 saturated heterocycles. The van der Waals surface area contributed by atoms with Crippen molar-refractivity contribution in [2.45, 2.75) is 6.92 Å². The van der Waals surface area contributed by atoms with Gasteiger partial charge in [-0.15, -0.1) is 0 Å². The van der Waals surface area contributed by atoms with Gasteiger partial charge in [-0.25, -0.2) is 4.57 Å². The predicted octanol–water partition coefficient (Wildman–Crippen LogP) is 3.07. The Morgan fingerprint density at radius 1 is 0.950 bits per heavy atom. The van der Waals surface area contributed by atoms with Crippen molar-refractivity contribution in [2.75, 3.05) is 0 Å². The van der Waals surface area contributed by atoms with Crippen LogP contribution >= 0.6 is 0 Å². The highest BCUT2D eigenvalue weighted by Crippen LogP contribution is 2.29. The maximum atomic E-state index is 4.64. The number of hydrogen-bond donors (Lipinski definition) is 0. The van der Waals surface area contributed by atoms with Gasteiger partial charge in [0.15, 0.2) is 5.52 Å². The molecule has 0 bridgehead atoms. The van der Waals surface area contributed by atoms with Crippen molar-refractivity contribution in [3.8, 4) is 0 Å². The number of rotatable bonds is 0. The van der Waals surface area contributed by atoms with Gasteiger partial charge >= 0.3 is 0 Å². The van der Waals surface area contributed by atoms with Gasteiger partial charge in [-0.3, -0.25) is 4.98 Å². The van der Waals surface area contributed by atoms with E-state index in [0.717, 1.165) is 21.8 Å². The van der Waals surface area contributed by atoms with E-state index in [0.29, 0.717) is 0 Å². The molecule has 4 rings (SSSR count). The number of aromatic nitrogens is 3. The number of hydrogen-bond acceptors (Lipinski definition) is 2. The summed E-state index contributed by atoms with van der Waals surface area (Å²) in [6, 6.07) is 12.6. The van der Waals surface area contributed by atoms with Gasteiger partial charge in [0.25, 0.3) is 6.33 Å². The lowest BCUT2D eigenvalue weighted by Gasteiger charge is -2.05. The minimum absolute atomic E-state index is 0.997. The van der Waals surface area contributed by atoms with E-state index in [9.17, 15) is 0 Å². The molecule has 96 valence electrons. The van der Waals surface area contributed by atoms with E-state index < -0.39 is 0 Å². The third kappa shape index (κ3) is 1.43. The fourth-order valence-electron chi connectivity index (χ4n) is 2.77. The normalized spacial score (nSPS) is 11.5. The molecule has 0 spiro atoms. The minimum atomic E-state index is 0.997. The second-order valence-corrected chi connectivity index (χ2v) is 5.14. The molecule has 0 aliphatic rings. The van der Waals surface area contributed by atoms with Gasteiger partial charge in [0.1, 0.15) is 5.69 Å². The molecule has 0 radical (unpaired) electrons. The van der Waals surface area contributed by atoms with Gasteiger partial charge < -0.3 is 0 Å². The van der Waals surface area contributed by atoms with Crippen LogP contribution in [0.2, 0.25) is 0 Å². The maximum absolute atomic E-state index is 4.64. The van der Waals surface area contributed by atoms with Crippen molar-refractivity contribution in [2.24, 2.45) is 7.05 Å². The Hall–Kier alpha value is -2.55. The van der Waals surface area contributed by atoms with Crippen LogP contribution in [0.15, 0.2) is 48.9 Å². The minimum Gasteiger partial charge on any atom is -0.255 e. The molecule has 0 aliphatic carbocycles. The molecule has 0 atom stereocenters. The number of aryl methyl sites for hydroxylation is 2. The standard InChI is InChI=1S/C17H14N3/c1-11-14-9-18-15-8-7-12-5-3-4-6-13(12)16(15)17(14)19-10-20(11)2/h3-10H,1-2H3/q+1. The summed E-state index contributed by atoms with van der Waals surface area (Å²) < 4.78 is 2.03. The van der Waals surface area contributed by atoms with E-state index >= 15 is 0 Å². The number of benzene rings is 2. The summed E-state index contributed by atoms with van der Waals surface area (Å²) >= 11 is 0. The van der Waals surface area contributed by atoms with E-state index in [1.807, 2.05) is 24.1 Å². The van der Waals surface area contributed by atoms with Gasteiger partial charge in [0, 0.05) is 6.20 Å². The summed E-state index contributed by atoms with van der Waals surface area (Å²) in [5.41, 5.74) is 3.21. The van der Waals surface area contributed by atoms with Crippen LogP contribution in [0.3, 0.4) is 0 Å². The Morgan fingerprint density at radius 2 is 1.80 bits per heavy atom. The van der Waals surface area contributed by atoms with Gasteiger partial charge in [0.2, 0.25) is 0 Å². The zero-order valence-corrected chi connectivity index (χ0v) is 11.5. The molecular formula is C17H14N3+. The molecular weight excluding hydrogens is 246 g/mol. The van der Waals surface area contributed by atoms with E-state index in [2.05, 4.69) is 53.3 Å². The molecule has 2 heterocycles. The Morgan fingerprint density at radius 3 is 2.70 bits per heavy atom. The van der Waals surface area contributed by atoms with Gasteiger partial charge in [-0.1, -0.05) is 30.3 Å². The first-order chi connectivity index (χ1) is 9.75. The smallest absolute Gasteiger partial charge is 0.255 e. The molecule has 3 heteroatoms. The van der Waals surface area contributed by atoms with Crippen LogP contribution in [0, 0.1) is 6.92 Å². The van der Waals surface area contributed by atoms with Crippen LogP contribution in [0.5, 0.6) is 0 Å². The SMILES string of the molecule is Cc1c2cnc3ccc4ccccc4c3c2nc[n+]1C. The monoisotopic (exact) mass is 260 g/mol. The van der Waals surface area contributed by atoms with E-state index in [-0.39, 0.29) is 0 Å². The summed E-state index contributed by atoms with van der Waals surface area (Å²) in [4.78, 5) is 9.25. The Balaban J connectivity index is 2.34. The third-order valence-corrected chi connectivity index (χ3v) is 4.01. The van der Waals surface area contributed by atoms with E-state index in [1.54, 1.807) is 0 Å². The molecule has 0 N–H and O–H groups in total. The Kier molecular flexibility index (Phi) is 2.24. The van der Waals surface area contributed by atoms with Gasteiger partial charge in [-0.05, 0) is 28.7 Å².